The van der Waals surface area contributed by atoms with Crippen LogP contribution < -0.4 is 14.8 Å². The summed E-state index contributed by atoms with van der Waals surface area (Å²) in [4.78, 5) is 16.8. The first-order chi connectivity index (χ1) is 14.7. The molecule has 1 amide bonds. The van der Waals surface area contributed by atoms with E-state index in [2.05, 4.69) is 10.3 Å². The molecule has 0 unspecified atom stereocenters. The number of ether oxygens (including phenoxy) is 4. The molecule has 0 bridgehead atoms. The van der Waals surface area contributed by atoms with Crippen molar-refractivity contribution in [3.05, 3.63) is 60.1 Å². The SMILES string of the molecule is O=C(Nc1cccnc1)C1=C[C@@H](c2ccc3c(c2)OCO3)C[C@@H](OCCCCO)O1. The molecule has 0 spiro atoms. The molecule has 0 saturated carbocycles. The van der Waals surface area contributed by atoms with Crippen molar-refractivity contribution in [3.63, 3.8) is 0 Å². The van der Waals surface area contributed by atoms with Gasteiger partial charge in [0, 0.05) is 25.1 Å². The third kappa shape index (κ3) is 4.90. The number of aliphatic hydroxyl groups excluding tert-OH is 1. The number of nitrogens with zero attached hydrogens (tertiary/aromatic N) is 1. The summed E-state index contributed by atoms with van der Waals surface area (Å²) < 4.78 is 22.5. The van der Waals surface area contributed by atoms with Gasteiger partial charge in [0.15, 0.2) is 17.3 Å². The Kier molecular flexibility index (Phi) is 6.46. The molecule has 1 aromatic heterocycles. The smallest absolute Gasteiger partial charge is 0.290 e. The zero-order valence-corrected chi connectivity index (χ0v) is 16.5. The Morgan fingerprint density at radius 2 is 2.13 bits per heavy atom. The van der Waals surface area contributed by atoms with E-state index in [-0.39, 0.29) is 31.0 Å². The van der Waals surface area contributed by atoms with E-state index in [9.17, 15) is 4.79 Å². The van der Waals surface area contributed by atoms with Crippen LogP contribution in [-0.2, 0) is 14.3 Å². The molecule has 0 fully saturated rings. The number of rotatable bonds is 8. The fraction of sp³-hybridized carbons (Fsp3) is 0.364. The number of carbonyl (C=O) groups excluding carboxylic acids is 1. The van der Waals surface area contributed by atoms with E-state index in [0.29, 0.717) is 43.1 Å². The van der Waals surface area contributed by atoms with E-state index >= 15 is 0 Å². The maximum atomic E-state index is 12.8. The highest BCUT2D eigenvalue weighted by atomic mass is 16.7. The Morgan fingerprint density at radius 1 is 1.23 bits per heavy atom. The lowest BCUT2D eigenvalue weighted by Crippen LogP contribution is -2.29. The van der Waals surface area contributed by atoms with Gasteiger partial charge in [0.05, 0.1) is 18.5 Å². The Labute approximate surface area is 174 Å². The van der Waals surface area contributed by atoms with Gasteiger partial charge in [-0.2, -0.15) is 0 Å². The molecule has 2 aliphatic rings. The van der Waals surface area contributed by atoms with Crippen LogP contribution in [0.4, 0.5) is 5.69 Å². The molecule has 1 aromatic carbocycles. The summed E-state index contributed by atoms with van der Waals surface area (Å²) in [5.41, 5.74) is 1.57. The number of aromatic nitrogens is 1. The fourth-order valence-electron chi connectivity index (χ4n) is 3.35. The minimum absolute atomic E-state index is 0.0919. The van der Waals surface area contributed by atoms with Crippen LogP contribution in [0.25, 0.3) is 0 Å². The van der Waals surface area contributed by atoms with E-state index < -0.39 is 6.29 Å². The number of anilines is 1. The van der Waals surface area contributed by atoms with Gasteiger partial charge in [0.1, 0.15) is 0 Å². The van der Waals surface area contributed by atoms with Crippen LogP contribution in [0.5, 0.6) is 11.5 Å². The third-order valence-corrected chi connectivity index (χ3v) is 4.88. The first-order valence-electron chi connectivity index (χ1n) is 9.95. The number of aliphatic hydroxyl groups is 1. The lowest BCUT2D eigenvalue weighted by atomic mass is 9.92. The summed E-state index contributed by atoms with van der Waals surface area (Å²) >= 11 is 0. The Bertz CT molecular complexity index is 902. The minimum atomic E-state index is -0.571. The summed E-state index contributed by atoms with van der Waals surface area (Å²) in [6.07, 6.45) is 6.37. The largest absolute Gasteiger partial charge is 0.459 e. The van der Waals surface area contributed by atoms with Crippen LogP contribution in [0.2, 0.25) is 0 Å². The van der Waals surface area contributed by atoms with Crippen LogP contribution in [0, 0.1) is 0 Å². The van der Waals surface area contributed by atoms with Crippen LogP contribution in [-0.4, -0.2) is 42.3 Å². The fourth-order valence-corrected chi connectivity index (χ4v) is 3.35. The highest BCUT2D eigenvalue weighted by molar-refractivity contribution is 6.02. The van der Waals surface area contributed by atoms with Gasteiger partial charge in [-0.25, -0.2) is 0 Å². The molecule has 8 nitrogen and oxygen atoms in total. The number of nitrogens with one attached hydrogen (secondary N) is 1. The molecule has 30 heavy (non-hydrogen) atoms. The summed E-state index contributed by atoms with van der Waals surface area (Å²) in [6, 6.07) is 9.25. The number of pyridine rings is 1. The van der Waals surface area contributed by atoms with Gasteiger partial charge in [0.25, 0.3) is 5.91 Å². The number of unbranched alkanes of at least 4 members (excludes halogenated alkanes) is 1. The third-order valence-electron chi connectivity index (χ3n) is 4.88. The average Bonchev–Trinajstić information content (AvgIpc) is 3.25. The lowest BCUT2D eigenvalue weighted by Gasteiger charge is -2.29. The van der Waals surface area contributed by atoms with Crippen molar-refractivity contribution in [2.45, 2.75) is 31.5 Å². The van der Waals surface area contributed by atoms with Crippen LogP contribution in [0.3, 0.4) is 0 Å². The van der Waals surface area contributed by atoms with Crippen LogP contribution in [0.1, 0.15) is 30.7 Å². The predicted octanol–water partition coefficient (Wildman–Crippen LogP) is 2.95. The first-order valence-corrected chi connectivity index (χ1v) is 9.95. The Balaban J connectivity index is 1.52. The molecule has 4 rings (SSSR count). The molecule has 2 aromatic rings. The quantitative estimate of drug-likeness (QED) is 0.643. The molecule has 8 heteroatoms. The monoisotopic (exact) mass is 412 g/mol. The number of hydrogen-bond acceptors (Lipinski definition) is 7. The van der Waals surface area contributed by atoms with Crippen molar-refractivity contribution >= 4 is 11.6 Å². The molecule has 2 atom stereocenters. The maximum Gasteiger partial charge on any atom is 0.290 e. The standard InChI is InChI=1S/C22H24N2O6/c25-8-1-2-9-27-21-12-16(15-5-6-18-19(10-15)29-14-28-18)11-20(30-21)22(26)24-17-4-3-7-23-13-17/h3-7,10-11,13,16,21,25H,1-2,8-9,12,14H2,(H,24,26)/t16-,21+/m1/s1. The Hall–Kier alpha value is -3.10. The van der Waals surface area contributed by atoms with Crippen molar-refractivity contribution in [2.24, 2.45) is 0 Å². The number of fused-ring (bicyclic) bond motifs is 1. The molecule has 0 aliphatic carbocycles. The molecule has 3 heterocycles. The highest BCUT2D eigenvalue weighted by Crippen LogP contribution is 2.38. The second-order valence-electron chi connectivity index (χ2n) is 7.03. The molecule has 0 saturated heterocycles. The van der Waals surface area contributed by atoms with Gasteiger partial charge in [-0.1, -0.05) is 6.07 Å². The zero-order valence-electron chi connectivity index (χ0n) is 16.5. The number of carbonyl (C=O) groups is 1. The topological polar surface area (TPSA) is 99.1 Å². The van der Waals surface area contributed by atoms with E-state index in [1.54, 1.807) is 30.6 Å². The van der Waals surface area contributed by atoms with E-state index in [1.165, 1.54) is 0 Å². The van der Waals surface area contributed by atoms with Gasteiger partial charge in [0.2, 0.25) is 13.1 Å². The van der Waals surface area contributed by atoms with Crippen molar-refractivity contribution in [1.82, 2.24) is 4.98 Å². The molecular formula is C22H24N2O6. The predicted molar refractivity (Wildman–Crippen MR) is 108 cm³/mol. The van der Waals surface area contributed by atoms with Gasteiger partial charge >= 0.3 is 0 Å². The van der Waals surface area contributed by atoms with Gasteiger partial charge in [-0.15, -0.1) is 0 Å². The van der Waals surface area contributed by atoms with E-state index in [1.807, 2.05) is 18.2 Å². The summed E-state index contributed by atoms with van der Waals surface area (Å²) in [6.45, 7) is 0.766. The molecule has 2 aliphatic heterocycles. The number of hydrogen-bond donors (Lipinski definition) is 2. The van der Waals surface area contributed by atoms with Gasteiger partial charge < -0.3 is 29.4 Å². The molecule has 0 radical (unpaired) electrons. The van der Waals surface area contributed by atoms with Crippen LogP contribution >= 0.6 is 0 Å². The number of benzene rings is 1. The van der Waals surface area contributed by atoms with E-state index in [0.717, 1.165) is 5.56 Å². The number of amides is 1. The summed E-state index contributed by atoms with van der Waals surface area (Å²) in [5.74, 6) is 1.14. The summed E-state index contributed by atoms with van der Waals surface area (Å²) in [5, 5.41) is 11.7. The second kappa shape index (κ2) is 9.60. The first kappa shape index (κ1) is 20.2. The van der Waals surface area contributed by atoms with E-state index in [4.69, 9.17) is 24.1 Å². The van der Waals surface area contributed by atoms with Crippen molar-refractivity contribution in [2.75, 3.05) is 25.3 Å². The Morgan fingerprint density at radius 3 is 2.97 bits per heavy atom. The van der Waals surface area contributed by atoms with Gasteiger partial charge in [-0.05, 0) is 48.7 Å². The van der Waals surface area contributed by atoms with Gasteiger partial charge in [-0.3, -0.25) is 9.78 Å². The maximum absolute atomic E-state index is 12.8. The van der Waals surface area contributed by atoms with Crippen molar-refractivity contribution in [1.29, 1.82) is 0 Å². The van der Waals surface area contributed by atoms with Crippen molar-refractivity contribution < 1.29 is 28.8 Å². The normalized spacial score (nSPS) is 19.7. The molecule has 158 valence electrons. The number of allylic oxidation sites excluding steroid dienone is 1. The summed E-state index contributed by atoms with van der Waals surface area (Å²) in [7, 11) is 0. The molecular weight excluding hydrogens is 388 g/mol. The second-order valence-corrected chi connectivity index (χ2v) is 7.03. The highest BCUT2D eigenvalue weighted by Gasteiger charge is 2.29. The van der Waals surface area contributed by atoms with Crippen molar-refractivity contribution in [3.8, 4) is 11.5 Å². The zero-order chi connectivity index (χ0) is 20.8. The average molecular weight is 412 g/mol. The minimum Gasteiger partial charge on any atom is -0.459 e. The lowest BCUT2D eigenvalue weighted by molar-refractivity contribution is -0.143. The molecule has 2 N–H and O–H groups in total. The van der Waals surface area contributed by atoms with Crippen LogP contribution in [0.15, 0.2) is 54.6 Å².